The van der Waals surface area contributed by atoms with Crippen LogP contribution in [0.1, 0.15) is 12.5 Å². The average Bonchev–Trinajstić information content (AvgIpc) is 3.37. The molecule has 0 aliphatic carbocycles. The second-order valence-electron chi connectivity index (χ2n) is 6.92. The second kappa shape index (κ2) is 7.35. The van der Waals surface area contributed by atoms with Gasteiger partial charge in [-0.3, -0.25) is 9.69 Å². The van der Waals surface area contributed by atoms with Crippen LogP contribution in [0.4, 0.5) is 5.69 Å². The fourth-order valence-electron chi connectivity index (χ4n) is 3.82. The Hall–Kier alpha value is -1.74. The van der Waals surface area contributed by atoms with Crippen molar-refractivity contribution >= 4 is 33.0 Å². The number of piperazine rings is 1. The average molecular weight is 406 g/mol. The first-order valence-electron chi connectivity index (χ1n) is 9.15. The monoisotopic (exact) mass is 405 g/mol. The molecule has 0 unspecified atom stereocenters. The van der Waals surface area contributed by atoms with E-state index in [4.69, 9.17) is 0 Å². The van der Waals surface area contributed by atoms with Gasteiger partial charge in [0.2, 0.25) is 5.91 Å². The number of thiophene rings is 1. The van der Waals surface area contributed by atoms with E-state index in [0.29, 0.717) is 30.4 Å². The molecule has 27 heavy (non-hydrogen) atoms. The van der Waals surface area contributed by atoms with Gasteiger partial charge in [0, 0.05) is 38.4 Å². The molecule has 1 amide bonds. The van der Waals surface area contributed by atoms with Crippen molar-refractivity contribution < 1.29 is 13.2 Å². The Balaban J connectivity index is 1.41. The Bertz CT molecular complexity index is 919. The van der Waals surface area contributed by atoms with E-state index in [1.165, 1.54) is 21.2 Å². The fraction of sp³-hybridized carbons (Fsp3) is 0.421. The van der Waals surface area contributed by atoms with Gasteiger partial charge in [-0.2, -0.15) is 4.31 Å². The lowest BCUT2D eigenvalue weighted by Crippen LogP contribution is -2.55. The maximum atomic E-state index is 13.0. The number of benzene rings is 1. The van der Waals surface area contributed by atoms with E-state index in [-0.39, 0.29) is 11.9 Å². The Morgan fingerprint density at radius 1 is 1.04 bits per heavy atom. The predicted molar refractivity (Wildman–Crippen MR) is 107 cm³/mol. The van der Waals surface area contributed by atoms with E-state index in [9.17, 15) is 13.2 Å². The lowest BCUT2D eigenvalue weighted by molar-refractivity contribution is -0.123. The molecule has 2 aliphatic rings. The van der Waals surface area contributed by atoms with Crippen molar-refractivity contribution in [2.24, 2.45) is 0 Å². The van der Waals surface area contributed by atoms with Gasteiger partial charge in [-0.15, -0.1) is 11.3 Å². The molecule has 8 heteroatoms. The Morgan fingerprint density at radius 2 is 1.78 bits per heavy atom. The van der Waals surface area contributed by atoms with Crippen molar-refractivity contribution in [2.75, 3.05) is 37.6 Å². The molecule has 1 aromatic heterocycles. The summed E-state index contributed by atoms with van der Waals surface area (Å²) >= 11 is 1.24. The minimum absolute atomic E-state index is 0.0921. The number of hydrogen-bond acceptors (Lipinski definition) is 5. The first-order chi connectivity index (χ1) is 13.0. The molecule has 1 fully saturated rings. The largest absolute Gasteiger partial charge is 0.310 e. The molecule has 2 aromatic rings. The fourth-order valence-corrected chi connectivity index (χ4v) is 6.38. The van der Waals surface area contributed by atoms with E-state index in [1.54, 1.807) is 17.5 Å². The standard InChI is InChI=1S/C19H23N3O3S2/c1-15(19(23)22-9-8-16-5-2-3-6-17(16)22)20-10-12-21(13-11-20)27(24,25)18-7-4-14-26-18/h2-7,14-15H,8-13H2,1H3/t15-/m0/s1. The highest BCUT2D eigenvalue weighted by atomic mass is 32.2. The summed E-state index contributed by atoms with van der Waals surface area (Å²) in [7, 11) is -3.41. The second-order valence-corrected chi connectivity index (χ2v) is 10.0. The SMILES string of the molecule is C[C@@H](C(=O)N1CCc2ccccc21)N1CCN(S(=O)(=O)c2cccs2)CC1. The van der Waals surface area contributed by atoms with Crippen LogP contribution in [0.2, 0.25) is 0 Å². The number of anilines is 1. The summed E-state index contributed by atoms with van der Waals surface area (Å²) in [6.07, 6.45) is 0.890. The highest BCUT2D eigenvalue weighted by Gasteiger charge is 2.35. The van der Waals surface area contributed by atoms with Crippen LogP contribution >= 0.6 is 11.3 Å². The summed E-state index contributed by atoms with van der Waals surface area (Å²) in [6.45, 7) is 4.59. The molecule has 0 bridgehead atoms. The molecule has 1 atom stereocenters. The van der Waals surface area contributed by atoms with E-state index >= 15 is 0 Å². The van der Waals surface area contributed by atoms with Crippen LogP contribution in [-0.4, -0.2) is 62.3 Å². The summed E-state index contributed by atoms with van der Waals surface area (Å²) in [5.41, 5.74) is 2.22. The molecule has 4 rings (SSSR count). The van der Waals surface area contributed by atoms with Crippen LogP contribution in [0.3, 0.4) is 0 Å². The van der Waals surface area contributed by atoms with Crippen molar-refractivity contribution in [2.45, 2.75) is 23.6 Å². The number of sulfonamides is 1. The van der Waals surface area contributed by atoms with Gasteiger partial charge < -0.3 is 4.90 Å². The van der Waals surface area contributed by atoms with Gasteiger partial charge in [0.15, 0.2) is 0 Å². The van der Waals surface area contributed by atoms with Gasteiger partial charge in [-0.1, -0.05) is 24.3 Å². The van der Waals surface area contributed by atoms with Crippen LogP contribution in [-0.2, 0) is 21.2 Å². The summed E-state index contributed by atoms with van der Waals surface area (Å²) in [4.78, 5) is 17.0. The zero-order valence-electron chi connectivity index (χ0n) is 15.2. The minimum Gasteiger partial charge on any atom is -0.310 e. The van der Waals surface area contributed by atoms with Gasteiger partial charge in [-0.05, 0) is 36.4 Å². The number of rotatable bonds is 4. The van der Waals surface area contributed by atoms with Crippen molar-refractivity contribution in [3.8, 4) is 0 Å². The topological polar surface area (TPSA) is 60.9 Å². The predicted octanol–water partition coefficient (Wildman–Crippen LogP) is 2.03. The molecule has 2 aliphatic heterocycles. The quantitative estimate of drug-likeness (QED) is 0.781. The highest BCUT2D eigenvalue weighted by Crippen LogP contribution is 2.29. The molecule has 3 heterocycles. The first-order valence-corrected chi connectivity index (χ1v) is 11.5. The number of carbonyl (C=O) groups excluding carboxylic acids is 1. The summed E-state index contributed by atoms with van der Waals surface area (Å²) in [6, 6.07) is 11.2. The lowest BCUT2D eigenvalue weighted by Gasteiger charge is -2.37. The molecule has 0 saturated carbocycles. The molecule has 0 N–H and O–H groups in total. The van der Waals surface area contributed by atoms with Crippen molar-refractivity contribution in [3.05, 3.63) is 47.3 Å². The first kappa shape index (κ1) is 18.6. The smallest absolute Gasteiger partial charge is 0.252 e. The molecule has 6 nitrogen and oxygen atoms in total. The van der Waals surface area contributed by atoms with Crippen LogP contribution in [0.15, 0.2) is 46.0 Å². The zero-order chi connectivity index (χ0) is 19.0. The zero-order valence-corrected chi connectivity index (χ0v) is 16.9. The maximum absolute atomic E-state index is 13.0. The van der Waals surface area contributed by atoms with Crippen molar-refractivity contribution in [1.29, 1.82) is 0 Å². The Labute approximate surface area is 164 Å². The maximum Gasteiger partial charge on any atom is 0.252 e. The van der Waals surface area contributed by atoms with Crippen molar-refractivity contribution in [3.63, 3.8) is 0 Å². The molecular formula is C19H23N3O3S2. The molecule has 1 aromatic carbocycles. The van der Waals surface area contributed by atoms with Gasteiger partial charge in [-0.25, -0.2) is 8.42 Å². The normalized spacial score (nSPS) is 19.8. The van der Waals surface area contributed by atoms with Gasteiger partial charge >= 0.3 is 0 Å². The molecule has 1 saturated heterocycles. The third kappa shape index (κ3) is 3.42. The number of para-hydroxylation sites is 1. The van der Waals surface area contributed by atoms with Gasteiger partial charge in [0.1, 0.15) is 4.21 Å². The summed E-state index contributed by atoms with van der Waals surface area (Å²) in [5.74, 6) is 0.0921. The third-order valence-corrected chi connectivity index (χ3v) is 8.69. The lowest BCUT2D eigenvalue weighted by atomic mass is 10.1. The number of fused-ring (bicyclic) bond motifs is 1. The molecule has 0 radical (unpaired) electrons. The molecule has 0 spiro atoms. The number of amides is 1. The number of carbonyl (C=O) groups is 1. The van der Waals surface area contributed by atoms with E-state index in [2.05, 4.69) is 11.0 Å². The Morgan fingerprint density at radius 3 is 2.48 bits per heavy atom. The Kier molecular flexibility index (Phi) is 5.07. The van der Waals surface area contributed by atoms with Gasteiger partial charge in [0.25, 0.3) is 10.0 Å². The van der Waals surface area contributed by atoms with Crippen LogP contribution in [0.5, 0.6) is 0 Å². The molecular weight excluding hydrogens is 382 g/mol. The number of hydrogen-bond donors (Lipinski definition) is 0. The summed E-state index contributed by atoms with van der Waals surface area (Å²) in [5, 5.41) is 1.78. The van der Waals surface area contributed by atoms with Gasteiger partial charge in [0.05, 0.1) is 6.04 Å². The number of nitrogens with zero attached hydrogens (tertiary/aromatic N) is 3. The molecule has 144 valence electrons. The van der Waals surface area contributed by atoms with Crippen molar-refractivity contribution in [1.82, 2.24) is 9.21 Å². The minimum atomic E-state index is -3.41. The van der Waals surface area contributed by atoms with E-state index < -0.39 is 10.0 Å². The summed E-state index contributed by atoms with van der Waals surface area (Å²) < 4.78 is 27.2. The van der Waals surface area contributed by atoms with Crippen LogP contribution < -0.4 is 4.90 Å². The van der Waals surface area contributed by atoms with E-state index in [0.717, 1.165) is 18.7 Å². The van der Waals surface area contributed by atoms with E-state index in [1.807, 2.05) is 30.0 Å². The highest BCUT2D eigenvalue weighted by molar-refractivity contribution is 7.91. The van der Waals surface area contributed by atoms with Crippen LogP contribution in [0.25, 0.3) is 0 Å². The third-order valence-electron chi connectivity index (χ3n) is 5.42. The van der Waals surface area contributed by atoms with Crippen LogP contribution in [0, 0.1) is 0 Å².